The average Bonchev–Trinajstić information content (AvgIpc) is 4.17. The van der Waals surface area contributed by atoms with Gasteiger partial charge in [-0.05, 0) is 85.8 Å². The number of halogens is 1. The van der Waals surface area contributed by atoms with Gasteiger partial charge in [0.15, 0.2) is 11.7 Å². The number of fused-ring (bicyclic) bond motifs is 2. The number of carbonyl (C=O) groups is 4. The zero-order valence-corrected chi connectivity index (χ0v) is 42.9. The molecule has 4 N–H and O–H groups in total. The summed E-state index contributed by atoms with van der Waals surface area (Å²) in [4.78, 5) is 88.3. The first-order valence-electron chi connectivity index (χ1n) is 24.0. The first kappa shape index (κ1) is 51.7. The fourth-order valence-electron chi connectivity index (χ4n) is 9.51. The molecule has 17 nitrogen and oxygen atoms in total. The van der Waals surface area contributed by atoms with Crippen molar-refractivity contribution in [1.82, 2.24) is 39.5 Å². The molecule has 3 fully saturated rings. The number of carbonyl (C=O) groups excluding carboxylic acids is 4. The Morgan fingerprint density at radius 3 is 2.44 bits per heavy atom. The molecule has 4 amide bonds. The Labute approximate surface area is 440 Å². The molecule has 3 aromatic heterocycles. The fourth-order valence-corrected chi connectivity index (χ4v) is 9.51. The van der Waals surface area contributed by atoms with Crippen LogP contribution in [0.4, 0.5) is 21.7 Å². The molecule has 6 aromatic rings. The van der Waals surface area contributed by atoms with E-state index in [1.54, 1.807) is 68.1 Å². The number of piperazine rings is 1. The van der Waals surface area contributed by atoms with E-state index in [4.69, 9.17) is 0 Å². The van der Waals surface area contributed by atoms with Gasteiger partial charge in [-0.25, -0.2) is 14.4 Å². The summed E-state index contributed by atoms with van der Waals surface area (Å²) in [7, 11) is 1.62. The van der Waals surface area contributed by atoms with Gasteiger partial charge in [0.1, 0.15) is 17.7 Å². The van der Waals surface area contributed by atoms with Crippen molar-refractivity contribution in [3.63, 3.8) is 0 Å². The van der Waals surface area contributed by atoms with Crippen molar-refractivity contribution in [2.45, 2.75) is 70.1 Å². The van der Waals surface area contributed by atoms with Gasteiger partial charge in [-0.2, -0.15) is 24.3 Å². The minimum Gasteiger partial charge on any atom is -0.392 e. The summed E-state index contributed by atoms with van der Waals surface area (Å²) in [6, 6.07) is 21.8. The number of hydrogen-bond donors (Lipinski definition) is 4. The minimum atomic E-state index is -0.553. The summed E-state index contributed by atoms with van der Waals surface area (Å²) in [6.07, 6.45) is 10.8. The second-order valence-corrected chi connectivity index (χ2v) is 18.3. The number of benzene rings is 3. The Kier molecular flexibility index (Phi) is 16.4. The zero-order chi connectivity index (χ0) is 49.8. The topological polar surface area (TPSA) is 204 Å². The maximum absolute atomic E-state index is 15.3. The van der Waals surface area contributed by atoms with Gasteiger partial charge in [-0.15, -0.1) is 5.56 Å². The Morgan fingerprint density at radius 1 is 0.944 bits per heavy atom. The second kappa shape index (κ2) is 22.9. The molecule has 3 aliphatic heterocycles. The number of aliphatic hydroxyl groups is 1. The Hall–Kier alpha value is -6.60. The standard InChI is InChI=1S/C40H44FN8O4.C13H11N2O3.Y/c1-26(51)42-14-4-3-5-15-47-17-19-48(20-18-47)30-11-12-36(43-23-30)45-38-40(53)46(2)24-34(44-38)31-7-6-8-35(32(31)25-50)49-16-13-28-21-29(27-9-10-27)22-33(41)37(28)39(49)52;16-11-6-5-10(12(17)14-11)15-7-8-3-1-2-4-9(8)13(15)18;/h6-8,11-13,16,21-24,27,50H,1,3-5,9-10,14-15,17-20,25H2,2H3,(H,42,51)(H,43,44,45);1-2,4,10H,5-7H2,(H,14,16,17);/q2*-1;. The summed E-state index contributed by atoms with van der Waals surface area (Å²) >= 11 is 0. The predicted molar refractivity (Wildman–Crippen MR) is 266 cm³/mol. The molecular weight excluding hydrogens is 997 g/mol. The summed E-state index contributed by atoms with van der Waals surface area (Å²) in [6.45, 7) is 8.65. The van der Waals surface area contributed by atoms with E-state index in [9.17, 15) is 33.9 Å². The van der Waals surface area contributed by atoms with Crippen LogP contribution in [0.15, 0.2) is 94.9 Å². The summed E-state index contributed by atoms with van der Waals surface area (Å²) < 4.78 is 18.1. The number of anilines is 3. The molecule has 371 valence electrons. The second-order valence-electron chi connectivity index (χ2n) is 18.3. The van der Waals surface area contributed by atoms with Crippen LogP contribution in [0.5, 0.6) is 0 Å². The van der Waals surface area contributed by atoms with Crippen LogP contribution < -0.4 is 32.0 Å². The number of rotatable bonds is 14. The molecule has 1 aliphatic carbocycles. The molecule has 4 aliphatic rings. The van der Waals surface area contributed by atoms with Crippen LogP contribution in [0.25, 0.3) is 27.7 Å². The van der Waals surface area contributed by atoms with Gasteiger partial charge in [0, 0.05) is 109 Å². The molecule has 1 atom stereocenters. The molecule has 1 saturated carbocycles. The van der Waals surface area contributed by atoms with Crippen molar-refractivity contribution in [2.24, 2.45) is 7.05 Å². The van der Waals surface area contributed by atoms with Gasteiger partial charge in [0.25, 0.3) is 11.1 Å². The first-order valence-corrected chi connectivity index (χ1v) is 24.0. The normalized spacial score (nSPS) is 16.7. The van der Waals surface area contributed by atoms with Crippen molar-refractivity contribution < 1.29 is 61.4 Å². The Balaban J connectivity index is 0.000000305. The number of nitrogens with one attached hydrogen (secondary N) is 3. The van der Waals surface area contributed by atoms with Gasteiger partial charge in [-0.1, -0.05) is 30.2 Å². The summed E-state index contributed by atoms with van der Waals surface area (Å²) in [5.74, 6) is -0.740. The summed E-state index contributed by atoms with van der Waals surface area (Å²) in [5, 5.41) is 19.2. The number of hydrogen-bond acceptors (Lipinski definition) is 12. The predicted octanol–water partition coefficient (Wildman–Crippen LogP) is 4.89. The van der Waals surface area contributed by atoms with E-state index in [1.165, 1.54) is 20.1 Å². The largest absolute Gasteiger partial charge is 0.392 e. The Morgan fingerprint density at radius 2 is 1.74 bits per heavy atom. The molecule has 19 heteroatoms. The van der Waals surface area contributed by atoms with Gasteiger partial charge >= 0.3 is 0 Å². The number of pyridine rings is 2. The molecule has 1 unspecified atom stereocenters. The molecule has 1 radical (unpaired) electrons. The number of unbranched alkanes of at least 4 members (excludes halogenated alkanes) is 2. The van der Waals surface area contributed by atoms with Crippen molar-refractivity contribution in [3.05, 3.63) is 147 Å². The van der Waals surface area contributed by atoms with Crippen molar-refractivity contribution in [2.75, 3.05) is 49.5 Å². The van der Waals surface area contributed by atoms with E-state index < -0.39 is 24.0 Å². The maximum Gasteiger partial charge on any atom is 0.293 e. The van der Waals surface area contributed by atoms with Crippen LogP contribution in [0, 0.1) is 18.8 Å². The smallest absolute Gasteiger partial charge is 0.293 e. The van der Waals surface area contributed by atoms with E-state index in [2.05, 4.69) is 48.7 Å². The zero-order valence-electron chi connectivity index (χ0n) is 40.0. The molecule has 6 heterocycles. The molecule has 72 heavy (non-hydrogen) atoms. The fraction of sp³-hybridized carbons (Fsp3) is 0.340. The van der Waals surface area contributed by atoms with Crippen molar-refractivity contribution >= 4 is 51.7 Å². The number of piperidine rings is 1. The number of imide groups is 1. The monoisotopic (exact) mass is 1050 g/mol. The number of nitrogens with zero attached hydrogens (tertiary/aromatic N) is 7. The molecule has 10 rings (SSSR count). The maximum atomic E-state index is 15.3. The molecular formula is C53H55FN10O7Y-2. The molecule has 0 bridgehead atoms. The van der Waals surface area contributed by atoms with Crippen LogP contribution in [-0.2, 0) is 67.3 Å². The van der Waals surface area contributed by atoms with Crippen LogP contribution in [0.3, 0.4) is 0 Å². The number of aryl methyl sites for hydroxylation is 1. The van der Waals surface area contributed by atoms with E-state index in [1.807, 2.05) is 18.2 Å². The van der Waals surface area contributed by atoms with Crippen molar-refractivity contribution in [3.8, 4) is 16.9 Å². The number of amides is 4. The Bertz CT molecular complexity index is 3130. The van der Waals surface area contributed by atoms with E-state index >= 15 is 4.39 Å². The van der Waals surface area contributed by atoms with Crippen LogP contribution in [0.1, 0.15) is 77.9 Å². The minimum absolute atomic E-state index is 0. The van der Waals surface area contributed by atoms with Crippen molar-refractivity contribution in [1.29, 1.82) is 0 Å². The third-order valence-electron chi connectivity index (χ3n) is 13.5. The number of aromatic nitrogens is 4. The van der Waals surface area contributed by atoms with Gasteiger partial charge in [0.05, 0.1) is 41.2 Å². The van der Waals surface area contributed by atoms with E-state index in [-0.39, 0.29) is 79.5 Å². The third kappa shape index (κ3) is 11.5. The number of aliphatic hydroxyl groups excluding tert-OH is 1. The third-order valence-corrected chi connectivity index (χ3v) is 13.5. The molecule has 2 saturated heterocycles. The van der Waals surface area contributed by atoms with Gasteiger partial charge < -0.3 is 41.8 Å². The summed E-state index contributed by atoms with van der Waals surface area (Å²) in [5.41, 5.74) is 4.14. The molecule has 0 spiro atoms. The van der Waals surface area contributed by atoms with Crippen LogP contribution >= 0.6 is 0 Å². The quantitative estimate of drug-likeness (QED) is 0.0655. The molecule has 3 aromatic carbocycles. The first-order chi connectivity index (χ1) is 34.4. The van der Waals surface area contributed by atoms with E-state index in [0.29, 0.717) is 64.7 Å². The van der Waals surface area contributed by atoms with Crippen LogP contribution in [-0.4, -0.2) is 103 Å². The SMILES string of the molecule is O=C1CCC(N2Cc3[c-]cccc3C2=O)C(=O)N1.[CH2-]C(=O)NCCCCCN1CCN(c2ccc(Nc3nc(-c4cccc(-n5ccc6cc(C7CC7)cc(F)c6c5=O)c4CO)cn(C)c3=O)nc2)CC1.[Y]. The van der Waals surface area contributed by atoms with Gasteiger partial charge in [-0.3, -0.25) is 38.8 Å². The average molecular weight is 1050 g/mol. The van der Waals surface area contributed by atoms with Crippen LogP contribution in [0.2, 0.25) is 0 Å². The van der Waals surface area contributed by atoms with Gasteiger partial charge in [0.2, 0.25) is 11.8 Å². The van der Waals surface area contributed by atoms with E-state index in [0.717, 1.165) is 81.6 Å².